The molecule has 5 heteroatoms. The fourth-order valence-corrected chi connectivity index (χ4v) is 1.54. The predicted molar refractivity (Wildman–Crippen MR) is 60.4 cm³/mol. The van der Waals surface area contributed by atoms with Crippen LogP contribution in [0.4, 0.5) is 6.01 Å². The third-order valence-electron chi connectivity index (χ3n) is 2.29. The summed E-state index contributed by atoms with van der Waals surface area (Å²) in [4.78, 5) is 6.00. The summed E-state index contributed by atoms with van der Waals surface area (Å²) in [6, 6.07) is 7.89. The van der Waals surface area contributed by atoms with E-state index >= 15 is 0 Å². The molecule has 0 unspecified atom stereocenters. The minimum absolute atomic E-state index is 0.00126. The van der Waals surface area contributed by atoms with Gasteiger partial charge in [-0.15, -0.1) is 0 Å². The molecule has 0 saturated carbocycles. The quantitative estimate of drug-likeness (QED) is 0.776. The number of aliphatic hydroxyl groups excluding tert-OH is 2. The second-order valence-electron chi connectivity index (χ2n) is 3.40. The van der Waals surface area contributed by atoms with E-state index in [2.05, 4.69) is 4.98 Å². The van der Waals surface area contributed by atoms with Crippen molar-refractivity contribution in [2.75, 3.05) is 31.2 Å². The molecule has 86 valence electrons. The van der Waals surface area contributed by atoms with Crippen molar-refractivity contribution in [1.29, 1.82) is 0 Å². The minimum atomic E-state index is -0.00126. The Hall–Kier alpha value is -1.59. The van der Waals surface area contributed by atoms with Crippen molar-refractivity contribution in [3.63, 3.8) is 0 Å². The molecule has 1 aromatic carbocycles. The maximum Gasteiger partial charge on any atom is 0.298 e. The third kappa shape index (κ3) is 2.15. The van der Waals surface area contributed by atoms with Gasteiger partial charge >= 0.3 is 0 Å². The number of benzene rings is 1. The number of aromatic nitrogens is 1. The summed E-state index contributed by atoms with van der Waals surface area (Å²) in [5.74, 6) is 0. The van der Waals surface area contributed by atoms with Gasteiger partial charge in [-0.1, -0.05) is 12.1 Å². The largest absolute Gasteiger partial charge is 0.423 e. The Morgan fingerprint density at radius 3 is 2.44 bits per heavy atom. The highest BCUT2D eigenvalue weighted by molar-refractivity contribution is 5.74. The summed E-state index contributed by atoms with van der Waals surface area (Å²) in [6.45, 7) is 0.790. The van der Waals surface area contributed by atoms with Crippen molar-refractivity contribution in [2.24, 2.45) is 0 Å². The monoisotopic (exact) mass is 222 g/mol. The molecule has 0 aliphatic carbocycles. The second-order valence-corrected chi connectivity index (χ2v) is 3.40. The first-order valence-electron chi connectivity index (χ1n) is 5.17. The number of nitrogens with zero attached hydrogens (tertiary/aromatic N) is 2. The summed E-state index contributed by atoms with van der Waals surface area (Å²) in [5.41, 5.74) is 1.48. The SMILES string of the molecule is OCCN(CCO)c1nc2ccccc2o1. The number of oxazole rings is 1. The smallest absolute Gasteiger partial charge is 0.298 e. The fourth-order valence-electron chi connectivity index (χ4n) is 1.54. The zero-order chi connectivity index (χ0) is 11.4. The van der Waals surface area contributed by atoms with E-state index in [1.165, 1.54) is 0 Å². The maximum absolute atomic E-state index is 8.91. The number of rotatable bonds is 5. The maximum atomic E-state index is 8.91. The third-order valence-corrected chi connectivity index (χ3v) is 2.29. The molecular weight excluding hydrogens is 208 g/mol. The highest BCUT2D eigenvalue weighted by Crippen LogP contribution is 2.20. The van der Waals surface area contributed by atoms with E-state index in [0.29, 0.717) is 24.7 Å². The Balaban J connectivity index is 2.29. The van der Waals surface area contributed by atoms with E-state index in [1.54, 1.807) is 4.90 Å². The van der Waals surface area contributed by atoms with Gasteiger partial charge in [-0.25, -0.2) is 0 Å². The molecule has 0 radical (unpaired) electrons. The van der Waals surface area contributed by atoms with Crippen molar-refractivity contribution >= 4 is 17.1 Å². The Kier molecular flexibility index (Phi) is 3.38. The van der Waals surface area contributed by atoms with E-state index in [-0.39, 0.29) is 13.2 Å². The van der Waals surface area contributed by atoms with Gasteiger partial charge in [0, 0.05) is 13.1 Å². The lowest BCUT2D eigenvalue weighted by molar-refractivity contribution is 0.277. The van der Waals surface area contributed by atoms with Crippen LogP contribution in [0.15, 0.2) is 28.7 Å². The van der Waals surface area contributed by atoms with E-state index in [9.17, 15) is 0 Å². The summed E-state index contributed by atoms with van der Waals surface area (Å²) in [5, 5.41) is 17.8. The van der Waals surface area contributed by atoms with Crippen LogP contribution in [0.1, 0.15) is 0 Å². The lowest BCUT2D eigenvalue weighted by Gasteiger charge is -2.17. The van der Waals surface area contributed by atoms with Crippen LogP contribution < -0.4 is 4.90 Å². The topological polar surface area (TPSA) is 69.7 Å². The lowest BCUT2D eigenvalue weighted by atomic mass is 10.3. The van der Waals surface area contributed by atoms with E-state index in [4.69, 9.17) is 14.6 Å². The Morgan fingerprint density at radius 2 is 1.81 bits per heavy atom. The van der Waals surface area contributed by atoms with Crippen LogP contribution in [-0.4, -0.2) is 41.5 Å². The Bertz CT molecular complexity index is 416. The molecule has 0 fully saturated rings. The van der Waals surface area contributed by atoms with Crippen molar-refractivity contribution in [3.05, 3.63) is 24.3 Å². The molecule has 0 saturated heterocycles. The molecule has 2 rings (SSSR count). The van der Waals surface area contributed by atoms with Crippen LogP contribution in [0, 0.1) is 0 Å². The van der Waals surface area contributed by atoms with E-state index in [0.717, 1.165) is 5.52 Å². The van der Waals surface area contributed by atoms with E-state index < -0.39 is 0 Å². The lowest BCUT2D eigenvalue weighted by Crippen LogP contribution is -2.29. The molecule has 5 nitrogen and oxygen atoms in total. The number of fused-ring (bicyclic) bond motifs is 1. The van der Waals surface area contributed by atoms with Crippen molar-refractivity contribution in [2.45, 2.75) is 0 Å². The average molecular weight is 222 g/mol. The summed E-state index contributed by atoms with van der Waals surface area (Å²) in [7, 11) is 0. The van der Waals surface area contributed by atoms with E-state index in [1.807, 2.05) is 24.3 Å². The molecule has 2 aromatic rings. The number of anilines is 1. The average Bonchev–Trinajstić information content (AvgIpc) is 2.72. The van der Waals surface area contributed by atoms with Crippen molar-refractivity contribution in [3.8, 4) is 0 Å². The Morgan fingerprint density at radius 1 is 1.12 bits per heavy atom. The molecular formula is C11H14N2O3. The van der Waals surface area contributed by atoms with Crippen LogP contribution in [0.2, 0.25) is 0 Å². The van der Waals surface area contributed by atoms with Gasteiger partial charge in [0.05, 0.1) is 13.2 Å². The predicted octanol–water partition coefficient (Wildman–Crippen LogP) is 0.619. The van der Waals surface area contributed by atoms with Gasteiger partial charge in [0.15, 0.2) is 5.58 Å². The van der Waals surface area contributed by atoms with Gasteiger partial charge in [0.2, 0.25) is 0 Å². The van der Waals surface area contributed by atoms with Crippen LogP contribution in [0.25, 0.3) is 11.1 Å². The molecule has 1 aromatic heterocycles. The van der Waals surface area contributed by atoms with Crippen molar-refractivity contribution in [1.82, 2.24) is 4.98 Å². The molecule has 16 heavy (non-hydrogen) atoms. The standard InChI is InChI=1S/C11H14N2O3/c14-7-5-13(6-8-15)11-12-9-3-1-2-4-10(9)16-11/h1-4,14-15H,5-8H2. The molecule has 0 spiro atoms. The molecule has 0 bridgehead atoms. The number of hydrogen-bond acceptors (Lipinski definition) is 5. The molecule has 0 atom stereocenters. The first kappa shape index (κ1) is 10.9. The zero-order valence-electron chi connectivity index (χ0n) is 8.83. The Labute approximate surface area is 92.9 Å². The van der Waals surface area contributed by atoms with Gasteiger partial charge in [0.1, 0.15) is 5.52 Å². The minimum Gasteiger partial charge on any atom is -0.423 e. The highest BCUT2D eigenvalue weighted by Gasteiger charge is 2.12. The van der Waals surface area contributed by atoms with Crippen LogP contribution >= 0.6 is 0 Å². The van der Waals surface area contributed by atoms with Gasteiger partial charge < -0.3 is 19.5 Å². The molecule has 0 aliphatic heterocycles. The molecule has 0 aliphatic rings. The van der Waals surface area contributed by atoms with Crippen molar-refractivity contribution < 1.29 is 14.6 Å². The second kappa shape index (κ2) is 4.96. The first-order valence-corrected chi connectivity index (χ1v) is 5.17. The summed E-state index contributed by atoms with van der Waals surface area (Å²) < 4.78 is 5.53. The highest BCUT2D eigenvalue weighted by atomic mass is 16.4. The molecule has 1 heterocycles. The number of para-hydroxylation sites is 2. The molecule has 0 amide bonds. The van der Waals surface area contributed by atoms with Crippen LogP contribution in [0.3, 0.4) is 0 Å². The number of hydrogen-bond donors (Lipinski definition) is 2. The van der Waals surface area contributed by atoms with Gasteiger partial charge in [0.25, 0.3) is 6.01 Å². The summed E-state index contributed by atoms with van der Waals surface area (Å²) in [6.07, 6.45) is 0. The van der Waals surface area contributed by atoms with Gasteiger partial charge in [-0.05, 0) is 12.1 Å². The van der Waals surface area contributed by atoms with Crippen LogP contribution in [0.5, 0.6) is 0 Å². The summed E-state index contributed by atoms with van der Waals surface area (Å²) >= 11 is 0. The number of aliphatic hydroxyl groups is 2. The molecule has 2 N–H and O–H groups in total. The van der Waals surface area contributed by atoms with Gasteiger partial charge in [-0.2, -0.15) is 4.98 Å². The van der Waals surface area contributed by atoms with Crippen LogP contribution in [-0.2, 0) is 0 Å². The first-order chi connectivity index (χ1) is 7.85. The normalized spacial score (nSPS) is 10.9. The zero-order valence-corrected chi connectivity index (χ0v) is 8.83. The fraction of sp³-hybridized carbons (Fsp3) is 0.364. The van der Waals surface area contributed by atoms with Gasteiger partial charge in [-0.3, -0.25) is 0 Å².